The Morgan fingerprint density at radius 2 is 1.54 bits per heavy atom. The molecule has 3 aliphatic carbocycles. The summed E-state index contributed by atoms with van der Waals surface area (Å²) in [6.45, 7) is 1.83. The molecule has 2 aliphatic heterocycles. The maximum Gasteiger partial charge on any atom is 0.249 e. The van der Waals surface area contributed by atoms with Gasteiger partial charge in [0.2, 0.25) is 23.7 Å². The lowest BCUT2D eigenvalue weighted by molar-refractivity contribution is -0.133. The highest BCUT2D eigenvalue weighted by Gasteiger charge is 2.34. The maximum absolute atomic E-state index is 15.2. The van der Waals surface area contributed by atoms with E-state index in [1.807, 2.05) is 24.3 Å². The molecule has 10 nitrogen and oxygen atoms in total. The predicted molar refractivity (Wildman–Crippen MR) is 203 cm³/mol. The Morgan fingerprint density at radius 3 is 2.26 bits per heavy atom. The lowest BCUT2D eigenvalue weighted by atomic mass is 9.82. The van der Waals surface area contributed by atoms with E-state index in [0.29, 0.717) is 35.7 Å². The van der Waals surface area contributed by atoms with Gasteiger partial charge in [0, 0.05) is 41.7 Å². The number of rotatable bonds is 10. The van der Waals surface area contributed by atoms with Crippen molar-refractivity contribution in [3.05, 3.63) is 71.4 Å². The number of likely N-dealkylation sites (tertiary alicyclic amines) is 1. The maximum atomic E-state index is 15.2. The zero-order chi connectivity index (χ0) is 37.2. The Labute approximate surface area is 315 Å². The number of aromatic nitrogens is 2. The molecule has 5 fully saturated rings. The van der Waals surface area contributed by atoms with Gasteiger partial charge in [-0.15, -0.1) is 0 Å². The number of benzene rings is 2. The van der Waals surface area contributed by atoms with Gasteiger partial charge in [-0.25, -0.2) is 18.7 Å². The molecule has 5 aliphatic rings. The molecule has 54 heavy (non-hydrogen) atoms. The molecule has 3 saturated carbocycles. The van der Waals surface area contributed by atoms with Gasteiger partial charge in [0.25, 0.3) is 0 Å². The number of halogens is 2. The van der Waals surface area contributed by atoms with Crippen molar-refractivity contribution in [2.24, 2.45) is 5.92 Å². The summed E-state index contributed by atoms with van der Waals surface area (Å²) in [6, 6.07) is 13.4. The van der Waals surface area contributed by atoms with Gasteiger partial charge in [-0.1, -0.05) is 24.3 Å². The number of carbonyl (C=O) groups excluding carboxylic acids is 3. The van der Waals surface area contributed by atoms with Crippen molar-refractivity contribution in [2.45, 2.75) is 126 Å². The van der Waals surface area contributed by atoms with Crippen molar-refractivity contribution in [1.29, 1.82) is 0 Å². The summed E-state index contributed by atoms with van der Waals surface area (Å²) in [5, 5.41) is 12.2. The summed E-state index contributed by atoms with van der Waals surface area (Å²) in [5.41, 5.74) is 3.62. The van der Waals surface area contributed by atoms with E-state index < -0.39 is 11.9 Å². The number of nitrogens with zero attached hydrogens (tertiary/aromatic N) is 3. The minimum Gasteiger partial charge on any atom is -0.374 e. The second-order valence-corrected chi connectivity index (χ2v) is 16.2. The first kappa shape index (κ1) is 36.5. The van der Waals surface area contributed by atoms with Crippen molar-refractivity contribution in [2.75, 3.05) is 23.7 Å². The first-order chi connectivity index (χ1) is 26.3. The number of piperidine rings is 2. The molecular formula is C42H51F2N7O3. The van der Waals surface area contributed by atoms with Crippen molar-refractivity contribution in [3.8, 4) is 11.3 Å². The van der Waals surface area contributed by atoms with E-state index in [-0.39, 0.29) is 53.9 Å². The molecule has 0 spiro atoms. The van der Waals surface area contributed by atoms with Gasteiger partial charge in [-0.05, 0) is 138 Å². The van der Waals surface area contributed by atoms with Gasteiger partial charge in [-0.3, -0.25) is 19.7 Å². The molecule has 286 valence electrons. The highest BCUT2D eigenvalue weighted by Crippen LogP contribution is 2.41. The molecule has 0 radical (unpaired) electrons. The summed E-state index contributed by atoms with van der Waals surface area (Å²) in [7, 11) is 0. The van der Waals surface area contributed by atoms with E-state index in [0.717, 1.165) is 88.4 Å². The zero-order valence-corrected chi connectivity index (χ0v) is 30.8. The Hall–Kier alpha value is -4.45. The average molecular weight is 740 g/mol. The Bertz CT molecular complexity index is 1850. The highest BCUT2D eigenvalue weighted by molar-refractivity contribution is 6.01. The minimum absolute atomic E-state index is 0.0421. The first-order valence-corrected chi connectivity index (χ1v) is 20.1. The van der Waals surface area contributed by atoms with E-state index in [2.05, 4.69) is 48.3 Å². The summed E-state index contributed by atoms with van der Waals surface area (Å²) >= 11 is 0. The Balaban J connectivity index is 0.748. The molecule has 3 heterocycles. The first-order valence-electron chi connectivity index (χ1n) is 20.1. The summed E-state index contributed by atoms with van der Waals surface area (Å²) < 4.78 is 30.0. The van der Waals surface area contributed by atoms with Gasteiger partial charge in [-0.2, -0.15) is 0 Å². The number of hydrogen-bond acceptors (Lipinski definition) is 8. The molecule has 3 aromatic rings. The van der Waals surface area contributed by atoms with Crippen molar-refractivity contribution in [1.82, 2.24) is 25.5 Å². The van der Waals surface area contributed by atoms with Crippen molar-refractivity contribution < 1.29 is 23.2 Å². The number of hydrogen-bond donors (Lipinski definition) is 4. The molecule has 1 atom stereocenters. The van der Waals surface area contributed by atoms with Crippen LogP contribution in [0.5, 0.6) is 0 Å². The molecule has 1 unspecified atom stereocenters. The standard InChI is InChI=1S/C42H51F2N7O3/c43-35-23-32(46-37-16-17-38(52)49-41(37)54)12-15-34(35)26-18-20-51(21-19-26)33-13-6-27(7-14-33)40(53)47-30-8-10-31(11-9-30)48-42-45-24-36(44)39(50-42)29-3-1-2-28(22-29)25-4-5-25/h1-3,12,15,22-27,30-31,33,37,46H,4-11,13-14,16-21H2,(H,47,53)(H,45,48,50)(H,49,52,54)/t27-,30?,31?,33-,37?. The van der Waals surface area contributed by atoms with Gasteiger partial charge in [0.1, 0.15) is 17.6 Å². The molecular weight excluding hydrogens is 689 g/mol. The van der Waals surface area contributed by atoms with E-state index in [4.69, 9.17) is 0 Å². The fourth-order valence-corrected chi connectivity index (χ4v) is 9.14. The largest absolute Gasteiger partial charge is 0.374 e. The molecule has 0 bridgehead atoms. The fraction of sp³-hybridized carbons (Fsp3) is 0.548. The van der Waals surface area contributed by atoms with Crippen molar-refractivity contribution >= 4 is 29.4 Å². The third kappa shape index (κ3) is 8.59. The van der Waals surface area contributed by atoms with Crippen LogP contribution in [0.25, 0.3) is 11.3 Å². The van der Waals surface area contributed by atoms with E-state index in [9.17, 15) is 18.8 Å². The summed E-state index contributed by atoms with van der Waals surface area (Å²) in [5.74, 6) is 0.0657. The number of nitrogens with one attached hydrogen (secondary N) is 4. The van der Waals surface area contributed by atoms with Crippen LogP contribution in [0.1, 0.15) is 113 Å². The number of anilines is 2. The normalized spacial score (nSPS) is 26.9. The van der Waals surface area contributed by atoms with Gasteiger partial charge < -0.3 is 20.9 Å². The zero-order valence-electron chi connectivity index (χ0n) is 30.8. The number of carbonyl (C=O) groups is 3. The van der Waals surface area contributed by atoms with E-state index in [1.54, 1.807) is 0 Å². The van der Waals surface area contributed by atoms with Gasteiger partial charge in [0.15, 0.2) is 5.82 Å². The molecule has 1 aromatic heterocycles. The van der Waals surface area contributed by atoms with Crippen molar-refractivity contribution in [3.63, 3.8) is 0 Å². The van der Waals surface area contributed by atoms with Gasteiger partial charge in [0.05, 0.1) is 6.20 Å². The average Bonchev–Trinajstić information content (AvgIpc) is 4.04. The predicted octanol–water partition coefficient (Wildman–Crippen LogP) is 6.79. The quantitative estimate of drug-likeness (QED) is 0.168. The smallest absolute Gasteiger partial charge is 0.249 e. The molecule has 12 heteroatoms. The van der Waals surface area contributed by atoms with Crippen LogP contribution in [-0.2, 0) is 14.4 Å². The van der Waals surface area contributed by atoms with Crippen LogP contribution in [0.3, 0.4) is 0 Å². The number of amides is 3. The van der Waals surface area contributed by atoms with Crippen LogP contribution in [-0.4, -0.2) is 69.8 Å². The van der Waals surface area contributed by atoms with Crippen LogP contribution in [0.15, 0.2) is 48.7 Å². The highest BCUT2D eigenvalue weighted by atomic mass is 19.1. The molecule has 2 aromatic carbocycles. The number of imide groups is 1. The second-order valence-electron chi connectivity index (χ2n) is 16.2. The molecule has 2 saturated heterocycles. The Kier molecular flexibility index (Phi) is 10.9. The van der Waals surface area contributed by atoms with Crippen LogP contribution in [0.2, 0.25) is 0 Å². The topological polar surface area (TPSA) is 128 Å². The second kappa shape index (κ2) is 16.1. The lowest BCUT2D eigenvalue weighted by Gasteiger charge is -2.41. The third-order valence-corrected chi connectivity index (χ3v) is 12.5. The summed E-state index contributed by atoms with van der Waals surface area (Å²) in [6.07, 6.45) is 13.4. The third-order valence-electron chi connectivity index (χ3n) is 12.5. The van der Waals surface area contributed by atoms with Crippen LogP contribution in [0, 0.1) is 17.6 Å². The Morgan fingerprint density at radius 1 is 0.778 bits per heavy atom. The lowest BCUT2D eigenvalue weighted by Crippen LogP contribution is -2.47. The monoisotopic (exact) mass is 739 g/mol. The molecule has 8 rings (SSSR count). The minimum atomic E-state index is -0.541. The SMILES string of the molecule is O=C1CCC(Nc2ccc(C3CCN([C@H]4CC[C@H](C(=O)NC5CCC(Nc6ncc(F)c(-c7cccc(C8CC8)c7)n6)CC5)CC4)CC3)c(F)c2)C(=O)N1. The van der Waals surface area contributed by atoms with Gasteiger partial charge >= 0.3 is 0 Å². The summed E-state index contributed by atoms with van der Waals surface area (Å²) in [4.78, 5) is 48.2. The molecule has 4 N–H and O–H groups in total. The van der Waals surface area contributed by atoms with Crippen LogP contribution < -0.4 is 21.3 Å². The van der Waals surface area contributed by atoms with Crippen LogP contribution in [0.4, 0.5) is 20.4 Å². The van der Waals surface area contributed by atoms with E-state index in [1.165, 1.54) is 30.7 Å². The van der Waals surface area contributed by atoms with Crippen LogP contribution >= 0.6 is 0 Å². The molecule has 3 amide bonds. The fourth-order valence-electron chi connectivity index (χ4n) is 9.14. The van der Waals surface area contributed by atoms with E-state index >= 15 is 4.39 Å².